The van der Waals surface area contributed by atoms with Gasteiger partial charge < -0.3 is 4.90 Å². The van der Waals surface area contributed by atoms with Crippen LogP contribution in [-0.4, -0.2) is 23.6 Å². The number of rotatable bonds is 3. The van der Waals surface area contributed by atoms with Crippen LogP contribution < -0.4 is 0 Å². The highest BCUT2D eigenvalue weighted by Gasteiger charge is 2.33. The largest absolute Gasteiger partial charge is 0.331 e. The second-order valence-corrected chi connectivity index (χ2v) is 5.96. The number of benzene rings is 2. The Kier molecular flexibility index (Phi) is 3.97. The van der Waals surface area contributed by atoms with Crippen LogP contribution in [0.3, 0.4) is 0 Å². The number of thioether (sulfide) groups is 1. The monoisotopic (exact) mass is 301 g/mol. The van der Waals surface area contributed by atoms with Crippen LogP contribution in [0.5, 0.6) is 0 Å². The Balaban J connectivity index is 1.76. The van der Waals surface area contributed by atoms with Gasteiger partial charge in [0, 0.05) is 17.0 Å². The van der Waals surface area contributed by atoms with Crippen LogP contribution in [-0.2, 0) is 0 Å². The molecule has 1 heterocycles. The highest BCUT2D eigenvalue weighted by Crippen LogP contribution is 2.34. The Morgan fingerprint density at radius 1 is 1.14 bits per heavy atom. The summed E-state index contributed by atoms with van der Waals surface area (Å²) in [5, 5.41) is 0. The lowest BCUT2D eigenvalue weighted by molar-refractivity contribution is 0.0460. The Labute approximate surface area is 128 Å². The van der Waals surface area contributed by atoms with Crippen LogP contribution in [0.1, 0.15) is 28.4 Å². The van der Waals surface area contributed by atoms with E-state index in [0.717, 1.165) is 23.4 Å². The smallest absolute Gasteiger partial charge is 0.254 e. The standard InChI is InChI=1S/C17H16FNOS/c1-21-15-8-4-13(5-9-15)17(20)19-11-10-16(19)12-2-6-14(18)7-3-12/h2-9,16H,10-11H2,1H3/t16-/m0/s1. The topological polar surface area (TPSA) is 20.3 Å². The summed E-state index contributed by atoms with van der Waals surface area (Å²) in [5.74, 6) is -0.202. The molecule has 3 rings (SSSR count). The van der Waals surface area contributed by atoms with Gasteiger partial charge in [0.05, 0.1) is 6.04 Å². The van der Waals surface area contributed by atoms with E-state index in [4.69, 9.17) is 0 Å². The van der Waals surface area contributed by atoms with E-state index in [1.807, 2.05) is 35.4 Å². The third kappa shape index (κ3) is 2.81. The number of halogens is 1. The van der Waals surface area contributed by atoms with Crippen molar-refractivity contribution < 1.29 is 9.18 Å². The molecule has 0 spiro atoms. The van der Waals surface area contributed by atoms with Gasteiger partial charge in [-0.05, 0) is 54.6 Å². The molecule has 0 aromatic heterocycles. The molecule has 1 fully saturated rings. The molecule has 0 saturated carbocycles. The average Bonchev–Trinajstić information content (AvgIpc) is 2.48. The summed E-state index contributed by atoms with van der Waals surface area (Å²) in [6, 6.07) is 14.1. The van der Waals surface area contributed by atoms with Gasteiger partial charge in [0.15, 0.2) is 0 Å². The zero-order valence-electron chi connectivity index (χ0n) is 11.8. The number of nitrogens with zero attached hydrogens (tertiary/aromatic N) is 1. The predicted molar refractivity (Wildman–Crippen MR) is 83.0 cm³/mol. The normalized spacial score (nSPS) is 17.4. The van der Waals surface area contributed by atoms with E-state index in [9.17, 15) is 9.18 Å². The maximum absolute atomic E-state index is 13.0. The van der Waals surface area contributed by atoms with Gasteiger partial charge in [0.1, 0.15) is 5.82 Å². The number of hydrogen-bond acceptors (Lipinski definition) is 2. The fourth-order valence-electron chi connectivity index (χ4n) is 2.56. The third-order valence-corrected chi connectivity index (χ3v) is 4.62. The minimum Gasteiger partial charge on any atom is -0.331 e. The first-order valence-corrected chi connectivity index (χ1v) is 8.12. The van der Waals surface area contributed by atoms with Crippen LogP contribution in [0, 0.1) is 5.82 Å². The van der Waals surface area contributed by atoms with Gasteiger partial charge in [-0.15, -0.1) is 11.8 Å². The lowest BCUT2D eigenvalue weighted by Gasteiger charge is -2.41. The molecule has 108 valence electrons. The molecule has 1 amide bonds. The fraction of sp³-hybridized carbons (Fsp3) is 0.235. The van der Waals surface area contributed by atoms with Gasteiger partial charge in [-0.3, -0.25) is 4.79 Å². The summed E-state index contributed by atoms with van der Waals surface area (Å²) in [7, 11) is 0. The summed E-state index contributed by atoms with van der Waals surface area (Å²) in [5.41, 5.74) is 1.70. The zero-order chi connectivity index (χ0) is 14.8. The number of carbonyl (C=O) groups is 1. The first-order valence-electron chi connectivity index (χ1n) is 6.89. The van der Waals surface area contributed by atoms with E-state index in [1.54, 1.807) is 23.9 Å². The maximum Gasteiger partial charge on any atom is 0.254 e. The second kappa shape index (κ2) is 5.90. The number of carbonyl (C=O) groups excluding carboxylic acids is 1. The number of amides is 1. The van der Waals surface area contributed by atoms with Crippen molar-refractivity contribution in [1.29, 1.82) is 0 Å². The first-order chi connectivity index (χ1) is 10.2. The van der Waals surface area contributed by atoms with Gasteiger partial charge in [-0.25, -0.2) is 4.39 Å². The Morgan fingerprint density at radius 3 is 2.33 bits per heavy atom. The molecular formula is C17H16FNOS. The van der Waals surface area contributed by atoms with Gasteiger partial charge in [0.2, 0.25) is 0 Å². The van der Waals surface area contributed by atoms with Gasteiger partial charge in [-0.1, -0.05) is 12.1 Å². The number of likely N-dealkylation sites (tertiary alicyclic amines) is 1. The molecule has 2 aromatic carbocycles. The highest BCUT2D eigenvalue weighted by molar-refractivity contribution is 7.98. The Bertz CT molecular complexity index is 639. The molecule has 0 unspecified atom stereocenters. The molecule has 0 radical (unpaired) electrons. The van der Waals surface area contributed by atoms with Crippen molar-refractivity contribution >= 4 is 17.7 Å². The van der Waals surface area contributed by atoms with Crippen LogP contribution >= 0.6 is 11.8 Å². The fourth-order valence-corrected chi connectivity index (χ4v) is 2.97. The quantitative estimate of drug-likeness (QED) is 0.794. The van der Waals surface area contributed by atoms with Crippen molar-refractivity contribution in [1.82, 2.24) is 4.90 Å². The molecule has 0 N–H and O–H groups in total. The molecule has 21 heavy (non-hydrogen) atoms. The third-order valence-electron chi connectivity index (χ3n) is 3.87. The van der Waals surface area contributed by atoms with E-state index in [2.05, 4.69) is 0 Å². The van der Waals surface area contributed by atoms with Crippen LogP contribution in [0.25, 0.3) is 0 Å². The highest BCUT2D eigenvalue weighted by atomic mass is 32.2. The van der Waals surface area contributed by atoms with Crippen LogP contribution in [0.15, 0.2) is 53.4 Å². The first kappa shape index (κ1) is 14.1. The SMILES string of the molecule is CSc1ccc(C(=O)N2CC[C@H]2c2ccc(F)cc2)cc1. The molecule has 0 aliphatic carbocycles. The van der Waals surface area contributed by atoms with E-state index in [-0.39, 0.29) is 17.8 Å². The lowest BCUT2D eigenvalue weighted by atomic mass is 9.93. The van der Waals surface area contributed by atoms with E-state index in [0.29, 0.717) is 5.56 Å². The predicted octanol–water partition coefficient (Wildman–Crippen LogP) is 4.13. The zero-order valence-corrected chi connectivity index (χ0v) is 12.6. The van der Waals surface area contributed by atoms with Gasteiger partial charge in [0.25, 0.3) is 5.91 Å². The summed E-state index contributed by atoms with van der Waals surface area (Å²) in [4.78, 5) is 15.5. The summed E-state index contributed by atoms with van der Waals surface area (Å²) >= 11 is 1.66. The van der Waals surface area contributed by atoms with E-state index >= 15 is 0 Å². The van der Waals surface area contributed by atoms with E-state index in [1.165, 1.54) is 12.1 Å². The van der Waals surface area contributed by atoms with E-state index < -0.39 is 0 Å². The molecule has 2 aromatic rings. The molecule has 2 nitrogen and oxygen atoms in total. The lowest BCUT2D eigenvalue weighted by Crippen LogP contribution is -2.45. The summed E-state index contributed by atoms with van der Waals surface area (Å²) in [6.45, 7) is 0.755. The summed E-state index contributed by atoms with van der Waals surface area (Å²) < 4.78 is 13.0. The maximum atomic E-state index is 13.0. The molecule has 1 aliphatic heterocycles. The van der Waals surface area contributed by atoms with Crippen molar-refractivity contribution in [2.24, 2.45) is 0 Å². The minimum absolute atomic E-state index is 0.0447. The van der Waals surface area contributed by atoms with Crippen molar-refractivity contribution in [3.8, 4) is 0 Å². The van der Waals surface area contributed by atoms with Crippen LogP contribution in [0.2, 0.25) is 0 Å². The minimum atomic E-state index is -0.247. The molecule has 1 aliphatic rings. The molecule has 1 atom stereocenters. The van der Waals surface area contributed by atoms with Crippen molar-refractivity contribution in [3.05, 3.63) is 65.5 Å². The van der Waals surface area contributed by atoms with Crippen molar-refractivity contribution in [3.63, 3.8) is 0 Å². The molecule has 1 saturated heterocycles. The number of hydrogen-bond donors (Lipinski definition) is 0. The molecule has 4 heteroatoms. The Morgan fingerprint density at radius 2 is 1.81 bits per heavy atom. The van der Waals surface area contributed by atoms with Crippen LogP contribution in [0.4, 0.5) is 4.39 Å². The summed E-state index contributed by atoms with van der Waals surface area (Å²) in [6.07, 6.45) is 2.94. The van der Waals surface area contributed by atoms with Gasteiger partial charge >= 0.3 is 0 Å². The average molecular weight is 301 g/mol. The van der Waals surface area contributed by atoms with Crippen molar-refractivity contribution in [2.45, 2.75) is 17.4 Å². The molecule has 0 bridgehead atoms. The Hall–Kier alpha value is -1.81. The van der Waals surface area contributed by atoms with Gasteiger partial charge in [-0.2, -0.15) is 0 Å². The molecular weight excluding hydrogens is 285 g/mol. The van der Waals surface area contributed by atoms with Crippen molar-refractivity contribution in [2.75, 3.05) is 12.8 Å². The second-order valence-electron chi connectivity index (χ2n) is 5.08.